The molecule has 3 nitrogen and oxygen atoms in total. The van der Waals surface area contributed by atoms with E-state index in [2.05, 4.69) is 9.47 Å². The Morgan fingerprint density at radius 3 is 2.35 bits per heavy atom. The molecule has 0 aliphatic heterocycles. The van der Waals surface area contributed by atoms with Crippen molar-refractivity contribution in [2.75, 3.05) is 0 Å². The zero-order valence-corrected chi connectivity index (χ0v) is 8.17. The van der Waals surface area contributed by atoms with Crippen LogP contribution in [0.25, 0.3) is 0 Å². The summed E-state index contributed by atoms with van der Waals surface area (Å²) in [6.45, 7) is -3.88. The number of hydrogen-bond acceptors (Lipinski definition) is 3. The molecule has 0 heterocycles. The summed E-state index contributed by atoms with van der Waals surface area (Å²) in [4.78, 5) is 0. The predicted octanol–water partition coefficient (Wildman–Crippen LogP) is 2.68. The van der Waals surface area contributed by atoms with E-state index in [0.717, 1.165) is 18.2 Å². The van der Waals surface area contributed by atoms with Gasteiger partial charge in [0.25, 0.3) is 0 Å². The predicted molar refractivity (Wildman–Crippen MR) is 45.7 cm³/mol. The van der Waals surface area contributed by atoms with Crippen LogP contribution in [0.4, 0.5) is 22.0 Å². The molecule has 0 spiro atoms. The quantitative estimate of drug-likeness (QED) is 0.844. The van der Waals surface area contributed by atoms with E-state index in [1.807, 2.05) is 0 Å². The molecular formula is C9H7F5O3. The van der Waals surface area contributed by atoms with Gasteiger partial charge >= 0.3 is 13.0 Å². The summed E-state index contributed by atoms with van der Waals surface area (Å²) in [6.07, 6.45) is -4.89. The maximum atomic E-state index is 11.9. The maximum Gasteiger partial charge on any atom is 0.573 e. The monoisotopic (exact) mass is 258 g/mol. The molecule has 0 fully saturated rings. The van der Waals surface area contributed by atoms with Crippen LogP contribution in [0.1, 0.15) is 5.56 Å². The lowest BCUT2D eigenvalue weighted by molar-refractivity contribution is -0.274. The molecule has 0 atom stereocenters. The number of aliphatic hydroxyl groups is 1. The van der Waals surface area contributed by atoms with Gasteiger partial charge in [-0.1, -0.05) is 0 Å². The maximum absolute atomic E-state index is 11.9. The van der Waals surface area contributed by atoms with Crippen molar-refractivity contribution < 1.29 is 36.5 Å². The van der Waals surface area contributed by atoms with Crippen molar-refractivity contribution in [2.45, 2.75) is 19.6 Å². The molecule has 0 saturated carbocycles. The Hall–Kier alpha value is -1.57. The number of ether oxygens (including phenoxy) is 2. The second-order valence-corrected chi connectivity index (χ2v) is 2.85. The van der Waals surface area contributed by atoms with Crippen LogP contribution < -0.4 is 9.47 Å². The van der Waals surface area contributed by atoms with Crippen LogP contribution in [0.15, 0.2) is 18.2 Å². The summed E-state index contributed by atoms with van der Waals surface area (Å²) in [6, 6.07) is 2.44. The molecule has 1 aromatic rings. The normalized spacial score (nSPS) is 11.7. The van der Waals surface area contributed by atoms with E-state index in [4.69, 9.17) is 5.11 Å². The fourth-order valence-corrected chi connectivity index (χ4v) is 1.09. The van der Waals surface area contributed by atoms with Crippen LogP contribution in [0.5, 0.6) is 11.5 Å². The average Bonchev–Trinajstić information content (AvgIpc) is 2.17. The van der Waals surface area contributed by atoms with Gasteiger partial charge in [-0.15, -0.1) is 13.2 Å². The van der Waals surface area contributed by atoms with Crippen molar-refractivity contribution in [1.82, 2.24) is 0 Å². The van der Waals surface area contributed by atoms with Gasteiger partial charge in [0.2, 0.25) is 0 Å². The topological polar surface area (TPSA) is 38.7 Å². The number of alkyl halides is 5. The van der Waals surface area contributed by atoms with E-state index in [-0.39, 0.29) is 5.56 Å². The van der Waals surface area contributed by atoms with Crippen molar-refractivity contribution >= 4 is 0 Å². The minimum Gasteiger partial charge on any atom is -0.434 e. The van der Waals surface area contributed by atoms with Crippen molar-refractivity contribution in [1.29, 1.82) is 0 Å². The molecule has 17 heavy (non-hydrogen) atoms. The summed E-state index contributed by atoms with van der Waals surface area (Å²) in [5.74, 6) is -1.03. The second kappa shape index (κ2) is 5.17. The van der Waals surface area contributed by atoms with Crippen LogP contribution in [0.2, 0.25) is 0 Å². The molecule has 0 unspecified atom stereocenters. The Bertz CT molecular complexity index is 377. The first kappa shape index (κ1) is 13.5. The molecular weight excluding hydrogens is 251 g/mol. The molecule has 0 saturated heterocycles. The van der Waals surface area contributed by atoms with Gasteiger partial charge < -0.3 is 14.6 Å². The van der Waals surface area contributed by atoms with Gasteiger partial charge in [-0.3, -0.25) is 0 Å². The molecule has 0 amide bonds. The molecule has 8 heteroatoms. The third-order valence-corrected chi connectivity index (χ3v) is 1.65. The largest absolute Gasteiger partial charge is 0.573 e. The molecule has 1 rings (SSSR count). The lowest BCUT2D eigenvalue weighted by Crippen LogP contribution is -2.17. The van der Waals surface area contributed by atoms with Crippen LogP contribution in [0.3, 0.4) is 0 Å². The SMILES string of the molecule is OCc1cc(OC(F)(F)F)ccc1OC(F)F. The Morgan fingerprint density at radius 2 is 1.88 bits per heavy atom. The molecule has 0 bridgehead atoms. The third kappa shape index (κ3) is 4.43. The highest BCUT2D eigenvalue weighted by atomic mass is 19.4. The number of aliphatic hydroxyl groups excluding tert-OH is 1. The lowest BCUT2D eigenvalue weighted by atomic mass is 10.2. The average molecular weight is 258 g/mol. The lowest BCUT2D eigenvalue weighted by Gasteiger charge is -2.12. The van der Waals surface area contributed by atoms with Crippen LogP contribution >= 0.6 is 0 Å². The van der Waals surface area contributed by atoms with Gasteiger partial charge in [0.1, 0.15) is 11.5 Å². The third-order valence-electron chi connectivity index (χ3n) is 1.65. The molecule has 0 aromatic heterocycles. The van der Waals surface area contributed by atoms with E-state index in [1.165, 1.54) is 0 Å². The first-order valence-corrected chi connectivity index (χ1v) is 4.26. The molecule has 1 aromatic carbocycles. The van der Waals surface area contributed by atoms with Crippen molar-refractivity contribution in [2.24, 2.45) is 0 Å². The number of benzene rings is 1. The Morgan fingerprint density at radius 1 is 1.24 bits per heavy atom. The Labute approximate surface area is 92.4 Å². The molecule has 0 aliphatic carbocycles. The van der Waals surface area contributed by atoms with E-state index in [9.17, 15) is 22.0 Å². The van der Waals surface area contributed by atoms with Gasteiger partial charge in [-0.05, 0) is 18.2 Å². The molecule has 0 radical (unpaired) electrons. The van der Waals surface area contributed by atoms with Crippen molar-refractivity contribution in [3.63, 3.8) is 0 Å². The zero-order valence-electron chi connectivity index (χ0n) is 8.17. The van der Waals surface area contributed by atoms with Gasteiger partial charge in [0, 0.05) is 5.56 Å². The highest BCUT2D eigenvalue weighted by Crippen LogP contribution is 2.29. The highest BCUT2D eigenvalue weighted by molar-refractivity contribution is 5.40. The minimum absolute atomic E-state index is 0.230. The van der Waals surface area contributed by atoms with Crippen molar-refractivity contribution in [3.05, 3.63) is 23.8 Å². The van der Waals surface area contributed by atoms with E-state index in [1.54, 1.807) is 0 Å². The summed E-state index contributed by atoms with van der Waals surface area (Å²) >= 11 is 0. The summed E-state index contributed by atoms with van der Waals surface area (Å²) in [5.41, 5.74) is -0.230. The summed E-state index contributed by atoms with van der Waals surface area (Å²) in [5, 5.41) is 8.79. The smallest absolute Gasteiger partial charge is 0.434 e. The van der Waals surface area contributed by atoms with Crippen LogP contribution in [-0.4, -0.2) is 18.1 Å². The van der Waals surface area contributed by atoms with Gasteiger partial charge in [-0.25, -0.2) is 0 Å². The molecule has 0 aliphatic rings. The van der Waals surface area contributed by atoms with Crippen molar-refractivity contribution in [3.8, 4) is 11.5 Å². The Balaban J connectivity index is 2.92. The van der Waals surface area contributed by atoms with Gasteiger partial charge in [0.15, 0.2) is 0 Å². The van der Waals surface area contributed by atoms with Crippen LogP contribution in [-0.2, 0) is 6.61 Å². The fraction of sp³-hybridized carbons (Fsp3) is 0.333. The number of hydrogen-bond donors (Lipinski definition) is 1. The summed E-state index contributed by atoms with van der Waals surface area (Å²) < 4.78 is 66.9. The minimum atomic E-state index is -4.89. The second-order valence-electron chi connectivity index (χ2n) is 2.85. The van der Waals surface area contributed by atoms with Gasteiger partial charge in [-0.2, -0.15) is 8.78 Å². The van der Waals surface area contributed by atoms with E-state index < -0.39 is 31.1 Å². The first-order chi connectivity index (χ1) is 7.81. The van der Waals surface area contributed by atoms with Crippen LogP contribution in [0, 0.1) is 0 Å². The first-order valence-electron chi connectivity index (χ1n) is 4.26. The van der Waals surface area contributed by atoms with E-state index >= 15 is 0 Å². The Kier molecular flexibility index (Phi) is 4.11. The molecule has 1 N–H and O–H groups in total. The molecule has 96 valence electrons. The van der Waals surface area contributed by atoms with Gasteiger partial charge in [0.05, 0.1) is 6.61 Å². The number of rotatable bonds is 4. The standard InChI is InChI=1S/C9H7F5O3/c10-8(11)16-7-2-1-6(3-5(7)4-15)17-9(12,13)14/h1-3,8,15H,4H2. The summed E-state index contributed by atoms with van der Waals surface area (Å²) in [7, 11) is 0. The zero-order chi connectivity index (χ0) is 13.1. The van der Waals surface area contributed by atoms with E-state index in [0.29, 0.717) is 0 Å². The number of halogens is 5. The highest BCUT2D eigenvalue weighted by Gasteiger charge is 2.31. The fourth-order valence-electron chi connectivity index (χ4n) is 1.09.